The summed E-state index contributed by atoms with van der Waals surface area (Å²) in [6.07, 6.45) is 0.440. The number of phenols is 1. The van der Waals surface area contributed by atoms with Crippen LogP contribution >= 0.6 is 11.6 Å². The molecule has 6 rings (SSSR count). The van der Waals surface area contributed by atoms with Crippen molar-refractivity contribution in [2.24, 2.45) is 0 Å². The number of pyridine rings is 1. The van der Waals surface area contributed by atoms with Crippen LogP contribution in [0.25, 0.3) is 43.8 Å². The molecule has 1 fully saturated rings. The average molecular weight is 464 g/mol. The number of nitrogens with zero attached hydrogens (tertiary/aromatic N) is 5. The summed E-state index contributed by atoms with van der Waals surface area (Å²) < 4.78 is 17.6. The third-order valence-electron chi connectivity index (χ3n) is 6.08. The van der Waals surface area contributed by atoms with Crippen LogP contribution in [0.1, 0.15) is 6.04 Å². The van der Waals surface area contributed by atoms with E-state index in [2.05, 4.69) is 15.3 Å². The summed E-state index contributed by atoms with van der Waals surface area (Å²) >= 11 is 6.62. The van der Waals surface area contributed by atoms with E-state index in [1.807, 2.05) is 24.3 Å². The number of fused-ring (bicyclic) bond motifs is 4. The molecule has 0 atom stereocenters. The van der Waals surface area contributed by atoms with Crippen LogP contribution in [0.4, 0.5) is 9.18 Å². The Morgan fingerprint density at radius 1 is 1.15 bits per heavy atom. The smallest absolute Gasteiger partial charge is 0.407 e. The first kappa shape index (κ1) is 19.7. The molecular weight excluding hydrogens is 449 g/mol. The average Bonchev–Trinajstić information content (AvgIpc) is 3.16. The lowest BCUT2D eigenvalue weighted by molar-refractivity contribution is 0.0821. The number of benzene rings is 3. The summed E-state index contributed by atoms with van der Waals surface area (Å²) in [4.78, 5) is 16.7. The minimum absolute atomic E-state index is 0.00193. The van der Waals surface area contributed by atoms with E-state index in [9.17, 15) is 9.90 Å². The van der Waals surface area contributed by atoms with Gasteiger partial charge in [0, 0.05) is 24.0 Å². The Hall–Kier alpha value is -3.98. The molecule has 3 heterocycles. The van der Waals surface area contributed by atoms with Crippen LogP contribution < -0.4 is 0 Å². The number of amides is 1. The Morgan fingerprint density at radius 3 is 2.73 bits per heavy atom. The van der Waals surface area contributed by atoms with Crippen molar-refractivity contribution in [3.8, 4) is 16.9 Å². The van der Waals surface area contributed by atoms with Gasteiger partial charge in [-0.15, -0.1) is 5.10 Å². The topological polar surface area (TPSA) is 104 Å². The molecule has 0 spiro atoms. The summed E-state index contributed by atoms with van der Waals surface area (Å²) in [6, 6.07) is 11.8. The van der Waals surface area contributed by atoms with Gasteiger partial charge >= 0.3 is 6.09 Å². The highest BCUT2D eigenvalue weighted by molar-refractivity contribution is 6.35. The highest BCUT2D eigenvalue weighted by Crippen LogP contribution is 2.41. The van der Waals surface area contributed by atoms with Crippen LogP contribution in [0, 0.1) is 5.82 Å². The number of phenolic OH excluding ortho intramolecular Hbond substituents is 1. The van der Waals surface area contributed by atoms with Gasteiger partial charge in [0.15, 0.2) is 5.82 Å². The predicted octanol–water partition coefficient (Wildman–Crippen LogP) is 4.83. The maximum atomic E-state index is 15.9. The highest BCUT2D eigenvalue weighted by Gasteiger charge is 2.34. The van der Waals surface area contributed by atoms with Crippen LogP contribution in [0.2, 0.25) is 5.02 Å². The van der Waals surface area contributed by atoms with Crippen molar-refractivity contribution in [2.75, 3.05) is 13.1 Å². The SMILES string of the molecule is O=C(O)N1CC(n2nnc3cnc4c(F)c(-c5cc(O)cc6ccccc56)c(Cl)cc4c32)C1. The Bertz CT molecular complexity index is 1610. The van der Waals surface area contributed by atoms with Gasteiger partial charge in [0.2, 0.25) is 0 Å². The Labute approximate surface area is 190 Å². The molecule has 2 N–H and O–H groups in total. The molecule has 1 saturated heterocycles. The fourth-order valence-electron chi connectivity index (χ4n) is 4.47. The van der Waals surface area contributed by atoms with Crippen molar-refractivity contribution >= 4 is 50.4 Å². The van der Waals surface area contributed by atoms with Gasteiger partial charge in [-0.25, -0.2) is 13.9 Å². The van der Waals surface area contributed by atoms with Crippen LogP contribution in [-0.4, -0.2) is 54.3 Å². The molecule has 0 saturated carbocycles. The molecule has 5 aromatic rings. The molecule has 2 aromatic heterocycles. The molecule has 8 nitrogen and oxygen atoms in total. The van der Waals surface area contributed by atoms with Gasteiger partial charge in [-0.05, 0) is 34.5 Å². The van der Waals surface area contributed by atoms with Crippen molar-refractivity contribution in [2.45, 2.75) is 6.04 Å². The number of likely N-dealkylation sites (tertiary alicyclic amines) is 1. The van der Waals surface area contributed by atoms with Gasteiger partial charge in [0.25, 0.3) is 0 Å². The Morgan fingerprint density at radius 2 is 1.94 bits per heavy atom. The Kier molecular flexibility index (Phi) is 4.18. The van der Waals surface area contributed by atoms with Crippen molar-refractivity contribution < 1.29 is 19.4 Å². The van der Waals surface area contributed by atoms with E-state index in [4.69, 9.17) is 16.7 Å². The molecule has 3 aromatic carbocycles. The summed E-state index contributed by atoms with van der Waals surface area (Å²) in [7, 11) is 0. The minimum atomic E-state index is -1.00. The number of carboxylic acid groups (broad SMARTS) is 1. The summed E-state index contributed by atoms with van der Waals surface area (Å²) in [6.45, 7) is 0.530. The van der Waals surface area contributed by atoms with E-state index in [1.165, 1.54) is 17.2 Å². The number of carbonyl (C=O) groups is 1. The third-order valence-corrected chi connectivity index (χ3v) is 6.38. The monoisotopic (exact) mass is 463 g/mol. The van der Waals surface area contributed by atoms with E-state index < -0.39 is 11.9 Å². The van der Waals surface area contributed by atoms with Crippen LogP contribution in [-0.2, 0) is 0 Å². The molecule has 0 radical (unpaired) electrons. The second-order valence-electron chi connectivity index (χ2n) is 8.03. The van der Waals surface area contributed by atoms with Crippen molar-refractivity contribution in [3.63, 3.8) is 0 Å². The fraction of sp³-hybridized carbons (Fsp3) is 0.130. The van der Waals surface area contributed by atoms with E-state index in [1.54, 1.807) is 16.8 Å². The van der Waals surface area contributed by atoms with Gasteiger partial charge in [-0.3, -0.25) is 4.98 Å². The first-order valence-corrected chi connectivity index (χ1v) is 10.5. The summed E-state index contributed by atoms with van der Waals surface area (Å²) in [5.41, 5.74) is 1.69. The zero-order valence-corrected chi connectivity index (χ0v) is 17.7. The van der Waals surface area contributed by atoms with Crippen molar-refractivity contribution in [3.05, 3.63) is 59.5 Å². The normalized spacial score (nSPS) is 14.3. The first-order valence-electron chi connectivity index (χ1n) is 10.1. The van der Waals surface area contributed by atoms with Gasteiger partial charge in [-0.1, -0.05) is 41.1 Å². The number of hydrogen-bond donors (Lipinski definition) is 2. The largest absolute Gasteiger partial charge is 0.508 e. The molecule has 0 aliphatic carbocycles. The quantitative estimate of drug-likeness (QED) is 0.388. The molecule has 33 heavy (non-hydrogen) atoms. The Balaban J connectivity index is 1.59. The number of rotatable bonds is 2. The number of aromatic nitrogens is 4. The lowest BCUT2D eigenvalue weighted by Crippen LogP contribution is -2.50. The van der Waals surface area contributed by atoms with Gasteiger partial charge in [0.1, 0.15) is 22.3 Å². The van der Waals surface area contributed by atoms with Crippen LogP contribution in [0.15, 0.2) is 48.7 Å². The zero-order valence-electron chi connectivity index (χ0n) is 16.9. The van der Waals surface area contributed by atoms with E-state index >= 15 is 4.39 Å². The van der Waals surface area contributed by atoms with Gasteiger partial charge in [-0.2, -0.15) is 0 Å². The molecule has 0 unspecified atom stereocenters. The lowest BCUT2D eigenvalue weighted by atomic mass is 9.96. The number of hydrogen-bond acceptors (Lipinski definition) is 5. The lowest BCUT2D eigenvalue weighted by Gasteiger charge is -2.36. The van der Waals surface area contributed by atoms with Gasteiger partial charge in [0.05, 0.1) is 17.3 Å². The predicted molar refractivity (Wildman–Crippen MR) is 121 cm³/mol. The summed E-state index contributed by atoms with van der Waals surface area (Å²) in [5, 5.41) is 29.7. The number of halogens is 2. The standard InChI is InChI=1S/C23H15ClFN5O3/c24-17-7-16-21(20(25)19(17)15-6-13(31)5-11-3-1-2-4-14(11)15)26-8-18-22(16)30(28-27-18)12-9-29(10-12)23(32)33/h1-8,12,31H,9-10H2,(H,32,33). The second-order valence-corrected chi connectivity index (χ2v) is 8.43. The molecule has 164 valence electrons. The van der Waals surface area contributed by atoms with Crippen LogP contribution in [0.5, 0.6) is 5.75 Å². The van der Waals surface area contributed by atoms with E-state index in [-0.39, 0.29) is 41.0 Å². The van der Waals surface area contributed by atoms with E-state index in [0.717, 1.165) is 10.8 Å². The molecule has 10 heteroatoms. The molecule has 0 bridgehead atoms. The van der Waals surface area contributed by atoms with E-state index in [0.29, 0.717) is 22.0 Å². The highest BCUT2D eigenvalue weighted by atomic mass is 35.5. The third kappa shape index (κ3) is 2.89. The fourth-order valence-corrected chi connectivity index (χ4v) is 4.76. The maximum absolute atomic E-state index is 15.9. The molecule has 1 aliphatic rings. The van der Waals surface area contributed by atoms with Crippen molar-refractivity contribution in [1.82, 2.24) is 24.9 Å². The number of aromatic hydroxyl groups is 1. The van der Waals surface area contributed by atoms with Crippen LogP contribution in [0.3, 0.4) is 0 Å². The maximum Gasteiger partial charge on any atom is 0.407 e. The molecule has 1 amide bonds. The first-order chi connectivity index (χ1) is 15.9. The van der Waals surface area contributed by atoms with Crippen molar-refractivity contribution in [1.29, 1.82) is 0 Å². The summed E-state index contributed by atoms with van der Waals surface area (Å²) in [5.74, 6) is -0.624. The van der Waals surface area contributed by atoms with Gasteiger partial charge < -0.3 is 15.1 Å². The molecule has 1 aliphatic heterocycles. The molecular formula is C23H15ClFN5O3. The zero-order chi connectivity index (χ0) is 22.9. The minimum Gasteiger partial charge on any atom is -0.508 e. The second kappa shape index (κ2) is 7.01.